The van der Waals surface area contributed by atoms with E-state index in [0.29, 0.717) is 31.9 Å². The fourth-order valence-corrected chi connectivity index (χ4v) is 2.84. The Labute approximate surface area is 134 Å². The highest BCUT2D eigenvalue weighted by molar-refractivity contribution is 5.89. The molecule has 0 bridgehead atoms. The number of nitrogens with zero attached hydrogens (tertiary/aromatic N) is 3. The number of fused-ring (bicyclic) bond motifs is 1. The van der Waals surface area contributed by atoms with Gasteiger partial charge in [0.25, 0.3) is 0 Å². The molecule has 2 aliphatic heterocycles. The van der Waals surface area contributed by atoms with Crippen molar-refractivity contribution in [3.63, 3.8) is 0 Å². The highest BCUT2D eigenvalue weighted by atomic mass is 16.5. The third-order valence-electron chi connectivity index (χ3n) is 4.14. The van der Waals surface area contributed by atoms with Crippen molar-refractivity contribution in [2.24, 2.45) is 0 Å². The minimum Gasteiger partial charge on any atom is -0.423 e. The minimum atomic E-state index is -0.360. The van der Waals surface area contributed by atoms with E-state index in [1.807, 2.05) is 19.1 Å². The zero-order chi connectivity index (χ0) is 16.4. The Morgan fingerprint density at radius 1 is 1.26 bits per heavy atom. The minimum absolute atomic E-state index is 0.0447. The van der Waals surface area contributed by atoms with Crippen LogP contribution in [-0.4, -0.2) is 67.4 Å². The van der Waals surface area contributed by atoms with E-state index in [2.05, 4.69) is 0 Å². The molecule has 7 heteroatoms. The number of rotatable bonds is 3. The van der Waals surface area contributed by atoms with Gasteiger partial charge in [-0.05, 0) is 24.6 Å². The molecule has 0 spiro atoms. The summed E-state index contributed by atoms with van der Waals surface area (Å²) in [4.78, 5) is 40.1. The van der Waals surface area contributed by atoms with Gasteiger partial charge in [-0.2, -0.15) is 0 Å². The maximum atomic E-state index is 12.5. The van der Waals surface area contributed by atoms with E-state index in [4.69, 9.17) is 4.74 Å². The molecule has 1 saturated heterocycles. The van der Waals surface area contributed by atoms with Gasteiger partial charge in [0, 0.05) is 26.2 Å². The highest BCUT2D eigenvalue weighted by Crippen LogP contribution is 2.32. The second-order valence-electron chi connectivity index (χ2n) is 5.82. The molecule has 2 heterocycles. The van der Waals surface area contributed by atoms with E-state index in [-0.39, 0.29) is 25.0 Å². The summed E-state index contributed by atoms with van der Waals surface area (Å²) >= 11 is 0. The fraction of sp³-hybridized carbons (Fsp3) is 0.438. The van der Waals surface area contributed by atoms with Gasteiger partial charge in [-0.25, -0.2) is 4.79 Å². The first-order valence-electron chi connectivity index (χ1n) is 7.60. The predicted octanol–water partition coefficient (Wildman–Crippen LogP) is 0.0210. The maximum absolute atomic E-state index is 12.5. The van der Waals surface area contributed by atoms with Gasteiger partial charge in [0.2, 0.25) is 12.3 Å². The van der Waals surface area contributed by atoms with Crippen LogP contribution in [0.2, 0.25) is 0 Å². The Morgan fingerprint density at radius 3 is 2.70 bits per heavy atom. The Kier molecular flexibility index (Phi) is 4.18. The van der Waals surface area contributed by atoms with Gasteiger partial charge in [0.05, 0.1) is 12.2 Å². The number of ether oxygens (including phenoxy) is 1. The molecule has 7 nitrogen and oxygen atoms in total. The van der Waals surface area contributed by atoms with Crippen LogP contribution in [0, 0.1) is 6.92 Å². The Morgan fingerprint density at radius 2 is 2.00 bits per heavy atom. The van der Waals surface area contributed by atoms with Crippen molar-refractivity contribution >= 4 is 24.0 Å². The smallest absolute Gasteiger partial charge is 0.331 e. The summed E-state index contributed by atoms with van der Waals surface area (Å²) in [5.41, 5.74) is 1.75. The Hall–Kier alpha value is -2.57. The number of anilines is 1. The molecule has 0 saturated carbocycles. The Bertz CT molecular complexity index is 638. The van der Waals surface area contributed by atoms with Crippen molar-refractivity contribution in [2.45, 2.75) is 6.92 Å². The normalized spacial score (nSPS) is 17.6. The first-order chi connectivity index (χ1) is 11.1. The molecule has 0 aliphatic carbocycles. The van der Waals surface area contributed by atoms with Crippen LogP contribution in [-0.2, 0) is 14.4 Å². The average molecular weight is 317 g/mol. The number of hydrogen-bond acceptors (Lipinski definition) is 5. The molecule has 2 aliphatic rings. The van der Waals surface area contributed by atoms with E-state index >= 15 is 0 Å². The fourth-order valence-electron chi connectivity index (χ4n) is 2.84. The lowest BCUT2D eigenvalue weighted by molar-refractivity contribution is -0.135. The summed E-state index contributed by atoms with van der Waals surface area (Å²) in [6, 6.07) is 5.60. The first-order valence-corrected chi connectivity index (χ1v) is 7.60. The van der Waals surface area contributed by atoms with E-state index in [1.54, 1.807) is 20.8 Å². The van der Waals surface area contributed by atoms with Gasteiger partial charge < -0.3 is 19.4 Å². The van der Waals surface area contributed by atoms with Crippen LogP contribution in [0.4, 0.5) is 5.69 Å². The lowest BCUT2D eigenvalue weighted by Crippen LogP contribution is -2.51. The Balaban J connectivity index is 1.69. The molecule has 1 aromatic rings. The quantitative estimate of drug-likeness (QED) is 0.447. The molecule has 0 atom stereocenters. The summed E-state index contributed by atoms with van der Waals surface area (Å²) in [6.07, 6.45) is 0.807. The number of esters is 1. The molecule has 1 fully saturated rings. The number of benzene rings is 1. The van der Waals surface area contributed by atoms with Gasteiger partial charge in [0.1, 0.15) is 6.54 Å². The van der Waals surface area contributed by atoms with Crippen molar-refractivity contribution in [1.82, 2.24) is 9.80 Å². The van der Waals surface area contributed by atoms with Crippen molar-refractivity contribution < 1.29 is 19.1 Å². The molecule has 122 valence electrons. The number of aryl methyl sites for hydroxylation is 1. The monoisotopic (exact) mass is 317 g/mol. The molecule has 0 N–H and O–H groups in total. The zero-order valence-electron chi connectivity index (χ0n) is 13.0. The van der Waals surface area contributed by atoms with Crippen molar-refractivity contribution in [1.29, 1.82) is 0 Å². The van der Waals surface area contributed by atoms with Crippen LogP contribution in [0.3, 0.4) is 0 Å². The summed E-state index contributed by atoms with van der Waals surface area (Å²) in [5.74, 6) is 0.0956. The number of carbonyl (C=O) groups is 3. The van der Waals surface area contributed by atoms with Crippen LogP contribution in [0.25, 0.3) is 0 Å². The number of amides is 2. The third kappa shape index (κ3) is 3.28. The van der Waals surface area contributed by atoms with Crippen LogP contribution in [0.15, 0.2) is 18.2 Å². The average Bonchev–Trinajstić information content (AvgIpc) is 2.54. The van der Waals surface area contributed by atoms with Gasteiger partial charge in [0.15, 0.2) is 5.75 Å². The third-order valence-corrected chi connectivity index (χ3v) is 4.14. The topological polar surface area (TPSA) is 70.2 Å². The van der Waals surface area contributed by atoms with Crippen LogP contribution in [0.5, 0.6) is 5.75 Å². The molecule has 23 heavy (non-hydrogen) atoms. The van der Waals surface area contributed by atoms with E-state index in [0.717, 1.165) is 17.7 Å². The molecule has 0 unspecified atom stereocenters. The highest BCUT2D eigenvalue weighted by Gasteiger charge is 2.28. The van der Waals surface area contributed by atoms with Crippen LogP contribution < -0.4 is 9.64 Å². The van der Waals surface area contributed by atoms with Crippen LogP contribution in [0.1, 0.15) is 5.56 Å². The van der Waals surface area contributed by atoms with E-state index in [1.165, 1.54) is 0 Å². The van der Waals surface area contributed by atoms with E-state index in [9.17, 15) is 14.4 Å². The largest absolute Gasteiger partial charge is 0.423 e. The molecular formula is C16H19N3O4. The SMILES string of the molecule is Cc1ccc2c(c1)OC(=O)CN2CC(=O)N1CCN(C=O)CC1. The molecule has 0 aromatic heterocycles. The van der Waals surface area contributed by atoms with Gasteiger partial charge in [-0.1, -0.05) is 6.07 Å². The number of carbonyl (C=O) groups excluding carboxylic acids is 3. The zero-order valence-corrected chi connectivity index (χ0v) is 13.0. The summed E-state index contributed by atoms with van der Waals surface area (Å²) in [6.45, 7) is 4.26. The molecule has 0 radical (unpaired) electrons. The summed E-state index contributed by atoms with van der Waals surface area (Å²) < 4.78 is 5.25. The maximum Gasteiger partial charge on any atom is 0.331 e. The van der Waals surface area contributed by atoms with Gasteiger partial charge >= 0.3 is 5.97 Å². The summed E-state index contributed by atoms with van der Waals surface area (Å²) in [5, 5.41) is 0. The predicted molar refractivity (Wildman–Crippen MR) is 83.2 cm³/mol. The molecule has 3 rings (SSSR count). The molecular weight excluding hydrogens is 298 g/mol. The van der Waals surface area contributed by atoms with Crippen LogP contribution >= 0.6 is 0 Å². The number of hydrogen-bond donors (Lipinski definition) is 0. The van der Waals surface area contributed by atoms with Crippen molar-refractivity contribution in [3.05, 3.63) is 23.8 Å². The van der Waals surface area contributed by atoms with Crippen molar-refractivity contribution in [3.8, 4) is 5.75 Å². The lowest BCUT2D eigenvalue weighted by Gasteiger charge is -2.35. The van der Waals surface area contributed by atoms with E-state index < -0.39 is 0 Å². The lowest BCUT2D eigenvalue weighted by atomic mass is 10.1. The van der Waals surface area contributed by atoms with Gasteiger partial charge in [-0.3, -0.25) is 9.59 Å². The second kappa shape index (κ2) is 6.28. The summed E-state index contributed by atoms with van der Waals surface area (Å²) in [7, 11) is 0. The number of piperazine rings is 1. The molecule has 2 amide bonds. The molecule has 1 aromatic carbocycles. The van der Waals surface area contributed by atoms with Gasteiger partial charge in [-0.15, -0.1) is 0 Å². The second-order valence-corrected chi connectivity index (χ2v) is 5.82. The van der Waals surface area contributed by atoms with Crippen molar-refractivity contribution in [2.75, 3.05) is 44.2 Å². The first kappa shape index (κ1) is 15.3. The standard InChI is InChI=1S/C16H19N3O4/c1-12-2-3-13-14(8-12)23-16(22)10-19(13)9-15(21)18-6-4-17(11-20)5-7-18/h2-3,8,11H,4-7,9-10H2,1H3.